The Kier molecular flexibility index (Phi) is 36.7. The Labute approximate surface area is 442 Å². The van der Waals surface area contributed by atoms with Crippen molar-refractivity contribution in [3.63, 3.8) is 0 Å². The zero-order chi connectivity index (χ0) is 53.9. The van der Waals surface area contributed by atoms with Crippen molar-refractivity contribution >= 4 is 24.1 Å². The third-order valence-corrected chi connectivity index (χ3v) is 10.7. The van der Waals surface area contributed by atoms with Crippen molar-refractivity contribution in [3.8, 4) is 11.1 Å². The smallest absolute Gasteiger partial charge is 0.408 e. The van der Waals surface area contributed by atoms with Crippen molar-refractivity contribution in [2.45, 2.75) is 64.0 Å². The van der Waals surface area contributed by atoms with Crippen LogP contribution in [0.2, 0.25) is 0 Å². The van der Waals surface area contributed by atoms with Crippen LogP contribution < -0.4 is 16.0 Å². The van der Waals surface area contributed by atoms with E-state index in [-0.39, 0.29) is 37.9 Å². The van der Waals surface area contributed by atoms with Crippen LogP contribution in [0.15, 0.2) is 48.5 Å². The maximum atomic E-state index is 12.3. The molecule has 3 rings (SSSR count). The molecule has 0 aliphatic heterocycles. The summed E-state index contributed by atoms with van der Waals surface area (Å²) in [6.07, 6.45) is 0.237. The minimum absolute atomic E-state index is 0.0245. The number of carboxylic acids is 1. The summed E-state index contributed by atoms with van der Waals surface area (Å²) in [4.78, 5) is 47.6. The van der Waals surface area contributed by atoms with Crippen LogP contribution in [0, 0.1) is 0 Å². The molecule has 0 aromatic heterocycles. The predicted octanol–water partition coefficient (Wildman–Crippen LogP) is 4.38. The number of ether oxygens (including phenoxy) is 14. The fraction of sp³-hybridized carbons (Fsp3) is 0.698. The standard InChI is InChI=1S/C53H85N3O19/c1-53(2,3)75-52(61)56-48(50(58)59)14-8-9-16-54-49(57)15-18-62-20-22-64-24-26-66-28-30-68-32-34-70-36-38-72-40-41-73-39-37-71-35-33-69-31-29-67-27-25-65-23-21-63-19-17-55-51(60)74-42-47-45-12-6-4-10-43(45)44-11-5-7-13-46(44)47/h4-7,10-13,47-48H,8-9,14-42H2,1-3H3,(H,54,57)(H,55,60)(H,56,61)(H,58,59)/t48-/m0/s1. The molecule has 3 amide bonds. The van der Waals surface area contributed by atoms with Gasteiger partial charge in [-0.25, -0.2) is 14.4 Å². The molecule has 0 heterocycles. The van der Waals surface area contributed by atoms with E-state index in [9.17, 15) is 24.3 Å². The molecular weight excluding hydrogens is 983 g/mol. The highest BCUT2D eigenvalue weighted by molar-refractivity contribution is 5.80. The first kappa shape index (κ1) is 64.7. The van der Waals surface area contributed by atoms with E-state index in [4.69, 9.17) is 66.3 Å². The molecule has 2 aromatic rings. The average Bonchev–Trinajstić information content (AvgIpc) is 3.70. The number of carbonyl (C=O) groups excluding carboxylic acids is 3. The number of nitrogens with one attached hydrogen (secondary N) is 3. The Morgan fingerprint density at radius 2 is 0.853 bits per heavy atom. The van der Waals surface area contributed by atoms with E-state index in [2.05, 4.69) is 40.2 Å². The molecule has 0 unspecified atom stereocenters. The number of hydrogen-bond donors (Lipinski definition) is 4. The molecule has 0 spiro atoms. The fourth-order valence-electron chi connectivity index (χ4n) is 7.06. The molecule has 0 fully saturated rings. The number of alkyl carbamates (subject to hydrolysis) is 2. The number of fused-ring (bicyclic) bond motifs is 3. The van der Waals surface area contributed by atoms with E-state index >= 15 is 0 Å². The van der Waals surface area contributed by atoms with Crippen LogP contribution in [0.4, 0.5) is 9.59 Å². The molecule has 0 saturated carbocycles. The number of unbranched alkanes of at least 4 members (excludes halogenated alkanes) is 1. The summed E-state index contributed by atoms with van der Waals surface area (Å²) in [6, 6.07) is 15.4. The molecule has 22 nitrogen and oxygen atoms in total. The molecule has 0 bridgehead atoms. The molecule has 426 valence electrons. The molecule has 2 aromatic carbocycles. The number of carboxylic acid groups (broad SMARTS) is 1. The summed E-state index contributed by atoms with van der Waals surface area (Å²) in [5, 5.41) is 17.2. The van der Waals surface area contributed by atoms with Crippen LogP contribution >= 0.6 is 0 Å². The van der Waals surface area contributed by atoms with Crippen LogP contribution in [0.1, 0.15) is 63.5 Å². The normalized spacial score (nSPS) is 12.5. The first-order chi connectivity index (χ1) is 36.5. The topological polar surface area (TPSA) is 254 Å². The van der Waals surface area contributed by atoms with Crippen LogP contribution in [0.5, 0.6) is 0 Å². The lowest BCUT2D eigenvalue weighted by Gasteiger charge is -2.22. The van der Waals surface area contributed by atoms with Gasteiger partial charge in [0.2, 0.25) is 5.91 Å². The Balaban J connectivity index is 0.914. The van der Waals surface area contributed by atoms with Gasteiger partial charge >= 0.3 is 18.2 Å². The number of aliphatic carboxylic acids is 1. The van der Waals surface area contributed by atoms with Gasteiger partial charge in [0.15, 0.2) is 0 Å². The van der Waals surface area contributed by atoms with E-state index < -0.39 is 29.8 Å². The lowest BCUT2D eigenvalue weighted by atomic mass is 9.98. The summed E-state index contributed by atoms with van der Waals surface area (Å²) in [6.45, 7) is 16.4. The monoisotopic (exact) mass is 1070 g/mol. The van der Waals surface area contributed by atoms with Gasteiger partial charge in [-0.1, -0.05) is 48.5 Å². The molecule has 75 heavy (non-hydrogen) atoms. The summed E-state index contributed by atoms with van der Waals surface area (Å²) in [7, 11) is 0. The highest BCUT2D eigenvalue weighted by atomic mass is 16.6. The average molecular weight is 1070 g/mol. The largest absolute Gasteiger partial charge is 0.480 e. The van der Waals surface area contributed by atoms with Crippen molar-refractivity contribution < 1.29 is 90.6 Å². The van der Waals surface area contributed by atoms with Gasteiger partial charge < -0.3 is 87.4 Å². The summed E-state index contributed by atoms with van der Waals surface area (Å²) >= 11 is 0. The van der Waals surface area contributed by atoms with E-state index in [1.807, 2.05) is 24.3 Å². The predicted molar refractivity (Wildman–Crippen MR) is 275 cm³/mol. The van der Waals surface area contributed by atoms with Crippen LogP contribution in [0.3, 0.4) is 0 Å². The zero-order valence-electron chi connectivity index (χ0n) is 44.5. The van der Waals surface area contributed by atoms with Crippen molar-refractivity contribution in [3.05, 3.63) is 59.7 Å². The quantitative estimate of drug-likeness (QED) is 0.0671. The lowest BCUT2D eigenvalue weighted by molar-refractivity contribution is -0.139. The number of carbonyl (C=O) groups is 4. The maximum Gasteiger partial charge on any atom is 0.408 e. The van der Waals surface area contributed by atoms with Gasteiger partial charge in [0.25, 0.3) is 0 Å². The van der Waals surface area contributed by atoms with Gasteiger partial charge in [0.05, 0.1) is 159 Å². The molecule has 0 saturated heterocycles. The maximum absolute atomic E-state index is 12.3. The second kappa shape index (κ2) is 42.5. The van der Waals surface area contributed by atoms with Crippen LogP contribution in [-0.2, 0) is 75.9 Å². The zero-order valence-corrected chi connectivity index (χ0v) is 44.5. The van der Waals surface area contributed by atoms with E-state index in [1.54, 1.807) is 20.8 Å². The third-order valence-electron chi connectivity index (χ3n) is 10.7. The van der Waals surface area contributed by atoms with E-state index in [1.165, 1.54) is 22.3 Å². The van der Waals surface area contributed by atoms with Gasteiger partial charge in [-0.2, -0.15) is 0 Å². The van der Waals surface area contributed by atoms with E-state index in [0.29, 0.717) is 178 Å². The number of rotatable bonds is 48. The summed E-state index contributed by atoms with van der Waals surface area (Å²) < 4.78 is 76.7. The Morgan fingerprint density at radius 3 is 1.24 bits per heavy atom. The molecule has 4 N–H and O–H groups in total. The third kappa shape index (κ3) is 33.3. The minimum Gasteiger partial charge on any atom is -0.480 e. The van der Waals surface area contributed by atoms with Crippen molar-refractivity contribution in [2.75, 3.05) is 178 Å². The lowest BCUT2D eigenvalue weighted by Crippen LogP contribution is -2.43. The highest BCUT2D eigenvalue weighted by Crippen LogP contribution is 2.44. The molecular formula is C53H85N3O19. The van der Waals surface area contributed by atoms with Gasteiger partial charge in [-0.3, -0.25) is 4.79 Å². The fourth-order valence-corrected chi connectivity index (χ4v) is 7.06. The second-order valence-electron chi connectivity index (χ2n) is 17.7. The number of benzene rings is 2. The van der Waals surface area contributed by atoms with Crippen molar-refractivity contribution in [1.29, 1.82) is 0 Å². The minimum atomic E-state index is -1.14. The summed E-state index contributed by atoms with van der Waals surface area (Å²) in [5.74, 6) is -1.28. The van der Waals surface area contributed by atoms with Crippen LogP contribution in [0.25, 0.3) is 11.1 Å². The molecule has 1 aliphatic carbocycles. The van der Waals surface area contributed by atoms with Crippen molar-refractivity contribution in [2.24, 2.45) is 0 Å². The van der Waals surface area contributed by atoms with Gasteiger partial charge in [0.1, 0.15) is 18.2 Å². The van der Waals surface area contributed by atoms with Gasteiger partial charge in [-0.05, 0) is 62.3 Å². The molecule has 1 atom stereocenters. The first-order valence-corrected chi connectivity index (χ1v) is 26.1. The molecule has 1 aliphatic rings. The van der Waals surface area contributed by atoms with Gasteiger partial charge in [0, 0.05) is 25.4 Å². The number of amides is 3. The summed E-state index contributed by atoms with van der Waals surface area (Å²) in [5.41, 5.74) is 4.01. The first-order valence-electron chi connectivity index (χ1n) is 26.1. The Bertz CT molecular complexity index is 1760. The van der Waals surface area contributed by atoms with Gasteiger partial charge in [-0.15, -0.1) is 0 Å². The Morgan fingerprint density at radius 1 is 0.480 bits per heavy atom. The SMILES string of the molecule is CC(C)(C)OC(=O)N[C@@H](CCCCNC(=O)CCOCCOCCOCCOCCOCCOCCOCCOCCOCCOCCOCCOCCNC(=O)OCC1c2ccccc2-c2ccccc21)C(=O)O. The number of hydrogen-bond acceptors (Lipinski definition) is 18. The highest BCUT2D eigenvalue weighted by Gasteiger charge is 2.29. The second-order valence-corrected chi connectivity index (χ2v) is 17.7. The van der Waals surface area contributed by atoms with Crippen molar-refractivity contribution in [1.82, 2.24) is 16.0 Å². The molecule has 22 heteroatoms. The van der Waals surface area contributed by atoms with Crippen LogP contribution in [-0.4, -0.2) is 219 Å². The Hall–Kier alpha value is -4.56. The molecule has 0 radical (unpaired) electrons. The van der Waals surface area contributed by atoms with E-state index in [0.717, 1.165) is 0 Å².